The number of pyridine rings is 1. The second-order valence-corrected chi connectivity index (χ2v) is 4.61. The number of carbonyl (C=O) groups excluding carboxylic acids is 1. The maximum Gasteiger partial charge on any atom is 0.243 e. The van der Waals surface area contributed by atoms with Crippen LogP contribution in [0.1, 0.15) is 11.1 Å². The van der Waals surface area contributed by atoms with Crippen LogP contribution in [0.5, 0.6) is 0 Å². The molecule has 0 saturated heterocycles. The lowest BCUT2D eigenvalue weighted by Crippen LogP contribution is -2.37. The minimum Gasteiger partial charge on any atom is -0.356 e. The Balaban J connectivity index is 1.96. The van der Waals surface area contributed by atoms with Gasteiger partial charge in [-0.2, -0.15) is 5.26 Å². The second-order valence-electron chi connectivity index (χ2n) is 4.61. The van der Waals surface area contributed by atoms with Crippen LogP contribution in [-0.2, 0) is 11.3 Å². The first-order valence-corrected chi connectivity index (χ1v) is 6.24. The highest BCUT2D eigenvalue weighted by atomic mass is 16.2. The average Bonchev–Trinajstić information content (AvgIpc) is 2.48. The van der Waals surface area contributed by atoms with E-state index in [-0.39, 0.29) is 12.5 Å². The molecule has 3 rings (SSSR count). The van der Waals surface area contributed by atoms with Crippen molar-refractivity contribution in [1.29, 1.82) is 5.26 Å². The molecule has 0 bridgehead atoms. The Morgan fingerprint density at radius 3 is 3.05 bits per heavy atom. The van der Waals surface area contributed by atoms with Crippen LogP contribution < -0.4 is 10.2 Å². The normalized spacial score (nSPS) is 13.3. The molecule has 0 spiro atoms. The number of nitrogens with one attached hydrogen (secondary N) is 1. The van der Waals surface area contributed by atoms with Crippen LogP contribution in [0.2, 0.25) is 0 Å². The van der Waals surface area contributed by atoms with E-state index in [1.807, 2.05) is 17.0 Å². The van der Waals surface area contributed by atoms with Gasteiger partial charge in [0.05, 0.1) is 29.6 Å². The van der Waals surface area contributed by atoms with Gasteiger partial charge in [-0.1, -0.05) is 6.07 Å². The van der Waals surface area contributed by atoms with E-state index in [0.717, 1.165) is 16.9 Å². The van der Waals surface area contributed by atoms with Gasteiger partial charge in [-0.05, 0) is 29.8 Å². The lowest BCUT2D eigenvalue weighted by Gasteiger charge is -2.31. The van der Waals surface area contributed by atoms with Crippen molar-refractivity contribution in [2.75, 3.05) is 16.8 Å². The number of hydrogen-bond donors (Lipinski definition) is 1. The fourth-order valence-corrected chi connectivity index (χ4v) is 2.27. The fraction of sp³-hybridized carbons (Fsp3) is 0.133. The molecule has 0 radical (unpaired) electrons. The maximum atomic E-state index is 11.7. The molecule has 98 valence electrons. The molecule has 1 aromatic carbocycles. The Morgan fingerprint density at radius 2 is 2.30 bits per heavy atom. The molecule has 1 amide bonds. The first-order chi connectivity index (χ1) is 9.76. The molecule has 20 heavy (non-hydrogen) atoms. The molecule has 0 atom stereocenters. The number of fused-ring (bicyclic) bond motifs is 1. The summed E-state index contributed by atoms with van der Waals surface area (Å²) in [6.45, 7) is 0.861. The minimum atomic E-state index is -0.0499. The van der Waals surface area contributed by atoms with Crippen molar-refractivity contribution < 1.29 is 4.79 Å². The Morgan fingerprint density at radius 1 is 1.40 bits per heavy atom. The van der Waals surface area contributed by atoms with E-state index in [1.165, 1.54) is 0 Å². The van der Waals surface area contributed by atoms with Crippen molar-refractivity contribution in [1.82, 2.24) is 4.98 Å². The highest BCUT2D eigenvalue weighted by Crippen LogP contribution is 2.31. The van der Waals surface area contributed by atoms with Crippen molar-refractivity contribution in [3.05, 3.63) is 53.9 Å². The summed E-state index contributed by atoms with van der Waals surface area (Å²) in [7, 11) is 0. The number of aromatic nitrogens is 1. The quantitative estimate of drug-likeness (QED) is 0.899. The zero-order valence-electron chi connectivity index (χ0n) is 10.7. The number of carbonyl (C=O) groups is 1. The summed E-state index contributed by atoms with van der Waals surface area (Å²) < 4.78 is 0. The summed E-state index contributed by atoms with van der Waals surface area (Å²) >= 11 is 0. The largest absolute Gasteiger partial charge is 0.356 e. The number of nitrogens with zero attached hydrogens (tertiary/aromatic N) is 3. The molecule has 2 heterocycles. The van der Waals surface area contributed by atoms with E-state index in [0.29, 0.717) is 12.1 Å². The second kappa shape index (κ2) is 5.02. The van der Waals surface area contributed by atoms with E-state index in [1.54, 1.807) is 30.6 Å². The number of rotatable bonds is 2. The standard InChI is InChI=1S/C15H12N4O/c16-7-11-3-4-13-14(6-11)19(10-15(20)18-13)9-12-2-1-5-17-8-12/h1-6,8H,9-10H2,(H,18,20). The zero-order valence-corrected chi connectivity index (χ0v) is 10.7. The molecule has 5 nitrogen and oxygen atoms in total. The topological polar surface area (TPSA) is 69.0 Å². The molecule has 1 aliphatic rings. The van der Waals surface area contributed by atoms with Gasteiger partial charge in [0, 0.05) is 18.9 Å². The van der Waals surface area contributed by atoms with Gasteiger partial charge in [-0.25, -0.2) is 0 Å². The first-order valence-electron chi connectivity index (χ1n) is 6.24. The van der Waals surface area contributed by atoms with Crippen LogP contribution in [0.4, 0.5) is 11.4 Å². The zero-order chi connectivity index (χ0) is 13.9. The molecule has 0 saturated carbocycles. The number of hydrogen-bond acceptors (Lipinski definition) is 4. The third-order valence-electron chi connectivity index (χ3n) is 3.17. The number of benzene rings is 1. The molecule has 2 aromatic rings. The van der Waals surface area contributed by atoms with Gasteiger partial charge in [-0.3, -0.25) is 9.78 Å². The first kappa shape index (κ1) is 12.2. The third-order valence-corrected chi connectivity index (χ3v) is 3.17. The summed E-state index contributed by atoms with van der Waals surface area (Å²) in [6.07, 6.45) is 3.49. The molecule has 5 heteroatoms. The van der Waals surface area contributed by atoms with Gasteiger partial charge < -0.3 is 10.2 Å². The van der Waals surface area contributed by atoms with Crippen LogP contribution in [0.15, 0.2) is 42.7 Å². The molecule has 0 unspecified atom stereocenters. The van der Waals surface area contributed by atoms with Crippen LogP contribution in [0, 0.1) is 11.3 Å². The number of anilines is 2. The van der Waals surface area contributed by atoms with Gasteiger partial charge in [0.2, 0.25) is 5.91 Å². The lowest BCUT2D eigenvalue weighted by atomic mass is 10.1. The summed E-state index contributed by atoms with van der Waals surface area (Å²) in [4.78, 5) is 17.8. The summed E-state index contributed by atoms with van der Waals surface area (Å²) in [6, 6.07) is 11.2. The van der Waals surface area contributed by atoms with Crippen molar-refractivity contribution in [3.63, 3.8) is 0 Å². The Hall–Kier alpha value is -2.87. The number of amides is 1. The molecule has 0 aliphatic carbocycles. The predicted molar refractivity (Wildman–Crippen MR) is 75.1 cm³/mol. The van der Waals surface area contributed by atoms with E-state index in [9.17, 15) is 4.79 Å². The van der Waals surface area contributed by atoms with Gasteiger partial charge in [-0.15, -0.1) is 0 Å². The van der Waals surface area contributed by atoms with Crippen molar-refractivity contribution in [2.45, 2.75) is 6.54 Å². The Bertz CT molecular complexity index is 691. The number of nitriles is 1. The Kier molecular flexibility index (Phi) is 3.05. The predicted octanol–water partition coefficient (Wildman–Crippen LogP) is 1.91. The average molecular weight is 264 g/mol. The smallest absolute Gasteiger partial charge is 0.243 e. The summed E-state index contributed by atoms with van der Waals surface area (Å²) in [5.41, 5.74) is 3.21. The molecule has 0 fully saturated rings. The van der Waals surface area contributed by atoms with Crippen LogP contribution in [0.3, 0.4) is 0 Å². The van der Waals surface area contributed by atoms with Crippen LogP contribution in [-0.4, -0.2) is 17.4 Å². The van der Waals surface area contributed by atoms with E-state index in [4.69, 9.17) is 5.26 Å². The highest BCUT2D eigenvalue weighted by molar-refractivity contribution is 6.01. The van der Waals surface area contributed by atoms with Crippen molar-refractivity contribution in [3.8, 4) is 6.07 Å². The van der Waals surface area contributed by atoms with Crippen molar-refractivity contribution >= 4 is 17.3 Å². The summed E-state index contributed by atoms with van der Waals surface area (Å²) in [5.74, 6) is -0.0499. The molecular formula is C15H12N4O. The Labute approximate surface area is 116 Å². The van der Waals surface area contributed by atoms with Gasteiger partial charge in [0.15, 0.2) is 0 Å². The lowest BCUT2D eigenvalue weighted by molar-refractivity contribution is -0.115. The third kappa shape index (κ3) is 2.31. The molecule has 1 aliphatic heterocycles. The monoisotopic (exact) mass is 264 g/mol. The van der Waals surface area contributed by atoms with E-state index < -0.39 is 0 Å². The van der Waals surface area contributed by atoms with Gasteiger partial charge in [0.25, 0.3) is 0 Å². The van der Waals surface area contributed by atoms with E-state index >= 15 is 0 Å². The SMILES string of the molecule is N#Cc1ccc2c(c1)N(Cc1cccnc1)CC(=O)N2. The van der Waals surface area contributed by atoms with Crippen LogP contribution in [0.25, 0.3) is 0 Å². The molecule has 1 N–H and O–H groups in total. The minimum absolute atomic E-state index is 0.0499. The molecule has 1 aromatic heterocycles. The highest BCUT2D eigenvalue weighted by Gasteiger charge is 2.22. The van der Waals surface area contributed by atoms with Crippen LogP contribution >= 0.6 is 0 Å². The van der Waals surface area contributed by atoms with E-state index in [2.05, 4.69) is 16.4 Å². The fourth-order valence-electron chi connectivity index (χ4n) is 2.27. The summed E-state index contributed by atoms with van der Waals surface area (Å²) in [5, 5.41) is 11.8. The maximum absolute atomic E-state index is 11.7. The van der Waals surface area contributed by atoms with Gasteiger partial charge >= 0.3 is 0 Å². The molecular weight excluding hydrogens is 252 g/mol. The van der Waals surface area contributed by atoms with Gasteiger partial charge in [0.1, 0.15) is 0 Å². The van der Waals surface area contributed by atoms with Crippen molar-refractivity contribution in [2.24, 2.45) is 0 Å².